The van der Waals surface area contributed by atoms with Crippen molar-refractivity contribution >= 4 is 12.0 Å². The molecule has 15 heavy (non-hydrogen) atoms. The first-order chi connectivity index (χ1) is 6.83. The Labute approximate surface area is 90.6 Å². The Morgan fingerprint density at radius 3 is 2.53 bits per heavy atom. The number of likely N-dealkylation sites (tertiary alicyclic amines) is 1. The quantitative estimate of drug-likeness (QED) is 0.670. The van der Waals surface area contributed by atoms with Crippen LogP contribution in [0, 0.1) is 5.92 Å². The molecule has 4 heteroatoms. The van der Waals surface area contributed by atoms with Crippen molar-refractivity contribution in [3.05, 3.63) is 0 Å². The van der Waals surface area contributed by atoms with Gasteiger partial charge in [0.05, 0.1) is 0 Å². The highest BCUT2D eigenvalue weighted by molar-refractivity contribution is 5.93. The molecule has 0 aromatic heterocycles. The van der Waals surface area contributed by atoms with Gasteiger partial charge < -0.3 is 4.74 Å². The molecule has 1 aliphatic rings. The molecule has 0 aromatic carbocycles. The average Bonchev–Trinajstić information content (AvgIpc) is 2.43. The number of imide groups is 1. The van der Waals surface area contributed by atoms with Gasteiger partial charge in [-0.25, -0.2) is 9.69 Å². The molecule has 1 fully saturated rings. The maximum absolute atomic E-state index is 11.6. The van der Waals surface area contributed by atoms with E-state index in [9.17, 15) is 9.59 Å². The number of hydrogen-bond donors (Lipinski definition) is 0. The fourth-order valence-electron chi connectivity index (χ4n) is 1.55. The van der Waals surface area contributed by atoms with Gasteiger partial charge in [-0.3, -0.25) is 4.79 Å². The van der Waals surface area contributed by atoms with E-state index in [1.54, 1.807) is 20.8 Å². The Morgan fingerprint density at radius 2 is 2.13 bits per heavy atom. The van der Waals surface area contributed by atoms with Crippen molar-refractivity contribution in [3.63, 3.8) is 0 Å². The van der Waals surface area contributed by atoms with Crippen molar-refractivity contribution in [2.24, 2.45) is 5.92 Å². The molecule has 86 valence electrons. The lowest BCUT2D eigenvalue weighted by molar-refractivity contribution is -0.127. The third-order valence-corrected chi connectivity index (χ3v) is 2.40. The van der Waals surface area contributed by atoms with Gasteiger partial charge in [0.25, 0.3) is 0 Å². The summed E-state index contributed by atoms with van der Waals surface area (Å²) in [5.41, 5.74) is -0.540. The zero-order valence-corrected chi connectivity index (χ0v) is 9.87. The molecule has 0 aromatic rings. The van der Waals surface area contributed by atoms with E-state index in [1.807, 2.05) is 6.92 Å². The van der Waals surface area contributed by atoms with E-state index in [2.05, 4.69) is 0 Å². The van der Waals surface area contributed by atoms with Gasteiger partial charge in [-0.1, -0.05) is 13.3 Å². The molecule has 0 bridgehead atoms. The third-order valence-electron chi connectivity index (χ3n) is 2.40. The van der Waals surface area contributed by atoms with Gasteiger partial charge in [-0.05, 0) is 26.7 Å². The van der Waals surface area contributed by atoms with Crippen LogP contribution in [0.4, 0.5) is 4.79 Å². The monoisotopic (exact) mass is 213 g/mol. The van der Waals surface area contributed by atoms with Crippen LogP contribution < -0.4 is 0 Å². The van der Waals surface area contributed by atoms with E-state index in [0.29, 0.717) is 18.9 Å². The van der Waals surface area contributed by atoms with Gasteiger partial charge in [-0.15, -0.1) is 0 Å². The van der Waals surface area contributed by atoms with Crippen molar-refractivity contribution in [3.8, 4) is 0 Å². The van der Waals surface area contributed by atoms with Gasteiger partial charge in [0.2, 0.25) is 5.91 Å². The minimum atomic E-state index is -0.540. The summed E-state index contributed by atoms with van der Waals surface area (Å²) in [6, 6.07) is 0. The lowest BCUT2D eigenvalue weighted by atomic mass is 10.1. The number of ether oxygens (including phenoxy) is 1. The summed E-state index contributed by atoms with van der Waals surface area (Å²) < 4.78 is 5.15. The summed E-state index contributed by atoms with van der Waals surface area (Å²) in [7, 11) is 0. The second kappa shape index (κ2) is 4.21. The van der Waals surface area contributed by atoms with Crippen molar-refractivity contribution < 1.29 is 14.3 Å². The number of rotatable bonds is 1. The minimum absolute atomic E-state index is 0.115. The highest BCUT2D eigenvalue weighted by atomic mass is 16.6. The van der Waals surface area contributed by atoms with Gasteiger partial charge in [-0.2, -0.15) is 0 Å². The number of nitrogens with zero attached hydrogens (tertiary/aromatic N) is 1. The summed E-state index contributed by atoms with van der Waals surface area (Å²) in [4.78, 5) is 24.3. The third kappa shape index (κ3) is 3.22. The molecule has 0 spiro atoms. The molecule has 1 atom stereocenters. The fraction of sp³-hybridized carbons (Fsp3) is 0.818. The van der Waals surface area contributed by atoms with E-state index >= 15 is 0 Å². The van der Waals surface area contributed by atoms with Gasteiger partial charge in [0, 0.05) is 13.0 Å². The van der Waals surface area contributed by atoms with E-state index in [-0.39, 0.29) is 5.91 Å². The zero-order chi connectivity index (χ0) is 11.6. The second-order valence-electron chi connectivity index (χ2n) is 4.96. The molecule has 0 unspecified atom stereocenters. The first kappa shape index (κ1) is 12.0. The SMILES string of the molecule is CC[C@H]1CC(=O)N(C(=O)OC(C)(C)C)C1. The summed E-state index contributed by atoms with van der Waals surface area (Å²) in [6.07, 6.45) is 0.879. The van der Waals surface area contributed by atoms with Gasteiger partial charge in [0.1, 0.15) is 5.60 Å². The molecule has 0 N–H and O–H groups in total. The van der Waals surface area contributed by atoms with Crippen LogP contribution in [0.25, 0.3) is 0 Å². The molecule has 0 radical (unpaired) electrons. The molecule has 1 heterocycles. The Hall–Kier alpha value is -1.06. The van der Waals surface area contributed by atoms with Crippen LogP contribution in [0.1, 0.15) is 40.5 Å². The Kier molecular flexibility index (Phi) is 3.37. The highest BCUT2D eigenvalue weighted by Crippen LogP contribution is 2.22. The molecule has 1 saturated heterocycles. The normalized spacial score (nSPS) is 22.0. The minimum Gasteiger partial charge on any atom is -0.443 e. The molecular formula is C11H19NO3. The van der Waals surface area contributed by atoms with Gasteiger partial charge in [0.15, 0.2) is 0 Å². The van der Waals surface area contributed by atoms with E-state index in [0.717, 1.165) is 6.42 Å². The molecule has 4 nitrogen and oxygen atoms in total. The lowest BCUT2D eigenvalue weighted by Gasteiger charge is -2.23. The van der Waals surface area contributed by atoms with Crippen LogP contribution in [0.3, 0.4) is 0 Å². The number of carbonyl (C=O) groups excluding carboxylic acids is 2. The first-order valence-corrected chi connectivity index (χ1v) is 5.37. The Bertz CT molecular complexity index is 267. The maximum atomic E-state index is 11.6. The first-order valence-electron chi connectivity index (χ1n) is 5.37. The predicted molar refractivity (Wildman–Crippen MR) is 56.3 cm³/mol. The van der Waals surface area contributed by atoms with Crippen LogP contribution in [-0.2, 0) is 9.53 Å². The van der Waals surface area contributed by atoms with Crippen molar-refractivity contribution in [2.45, 2.75) is 46.1 Å². The standard InChI is InChI=1S/C11H19NO3/c1-5-8-6-9(13)12(7-8)10(14)15-11(2,3)4/h8H,5-7H2,1-4H3/t8-/m0/s1. The summed E-state index contributed by atoms with van der Waals surface area (Å²) in [6.45, 7) is 7.91. The highest BCUT2D eigenvalue weighted by Gasteiger charge is 2.35. The predicted octanol–water partition coefficient (Wildman–Crippen LogP) is 2.18. The summed E-state index contributed by atoms with van der Waals surface area (Å²) in [5.74, 6) is 0.182. The van der Waals surface area contributed by atoms with E-state index in [4.69, 9.17) is 4.74 Å². The van der Waals surface area contributed by atoms with Crippen LogP contribution in [-0.4, -0.2) is 29.0 Å². The maximum Gasteiger partial charge on any atom is 0.417 e. The van der Waals surface area contributed by atoms with Crippen molar-refractivity contribution in [1.29, 1.82) is 0 Å². The molecule has 0 saturated carbocycles. The number of amides is 2. The van der Waals surface area contributed by atoms with Gasteiger partial charge >= 0.3 is 6.09 Å². The zero-order valence-electron chi connectivity index (χ0n) is 9.87. The van der Waals surface area contributed by atoms with Crippen molar-refractivity contribution in [1.82, 2.24) is 4.90 Å². The molecule has 1 aliphatic heterocycles. The molecule has 0 aliphatic carbocycles. The number of carbonyl (C=O) groups is 2. The smallest absolute Gasteiger partial charge is 0.417 e. The van der Waals surface area contributed by atoms with Crippen molar-refractivity contribution in [2.75, 3.05) is 6.54 Å². The second-order valence-corrected chi connectivity index (χ2v) is 4.96. The van der Waals surface area contributed by atoms with Crippen LogP contribution in [0.5, 0.6) is 0 Å². The lowest BCUT2D eigenvalue weighted by Crippen LogP contribution is -2.37. The number of hydrogen-bond acceptors (Lipinski definition) is 3. The average molecular weight is 213 g/mol. The van der Waals surface area contributed by atoms with Crippen LogP contribution >= 0.6 is 0 Å². The van der Waals surface area contributed by atoms with E-state index < -0.39 is 11.7 Å². The topological polar surface area (TPSA) is 46.6 Å². The largest absolute Gasteiger partial charge is 0.443 e. The molecule has 2 amide bonds. The Morgan fingerprint density at radius 1 is 1.53 bits per heavy atom. The van der Waals surface area contributed by atoms with Crippen LogP contribution in [0.2, 0.25) is 0 Å². The fourth-order valence-corrected chi connectivity index (χ4v) is 1.55. The summed E-state index contributed by atoms with van der Waals surface area (Å²) in [5, 5.41) is 0. The summed E-state index contributed by atoms with van der Waals surface area (Å²) >= 11 is 0. The molecule has 1 rings (SSSR count). The van der Waals surface area contributed by atoms with E-state index in [1.165, 1.54) is 4.90 Å². The molecular weight excluding hydrogens is 194 g/mol. The van der Waals surface area contributed by atoms with Crippen LogP contribution in [0.15, 0.2) is 0 Å². The Balaban J connectivity index is 2.58.